The first-order valence-electron chi connectivity index (χ1n) is 5.54. The summed E-state index contributed by atoms with van der Waals surface area (Å²) in [5, 5.41) is 11.4. The van der Waals surface area contributed by atoms with Crippen molar-refractivity contribution < 1.29 is 14.7 Å². The number of nitrogens with one attached hydrogen (secondary N) is 1. The number of nitrogens with two attached hydrogens (primary N) is 1. The standard InChI is InChI=1S/C12H15BrN2O3/c1-2-3-10(12(17)18)15-11(16)7-4-5-9(14)8(13)6-7/h4-6,10H,2-3,14H2,1H3,(H,15,16)(H,17,18). The SMILES string of the molecule is CCCC(NC(=O)c1ccc(N)c(Br)c1)C(=O)O. The minimum absolute atomic E-state index is 0.374. The summed E-state index contributed by atoms with van der Waals surface area (Å²) in [6.45, 7) is 1.86. The Bertz CT molecular complexity index is 463. The average molecular weight is 315 g/mol. The van der Waals surface area contributed by atoms with E-state index in [-0.39, 0.29) is 0 Å². The smallest absolute Gasteiger partial charge is 0.326 e. The third-order valence-electron chi connectivity index (χ3n) is 2.44. The van der Waals surface area contributed by atoms with Crippen molar-refractivity contribution in [2.75, 3.05) is 5.73 Å². The molecule has 0 spiro atoms. The van der Waals surface area contributed by atoms with E-state index in [4.69, 9.17) is 10.8 Å². The summed E-state index contributed by atoms with van der Waals surface area (Å²) in [4.78, 5) is 22.8. The number of rotatable bonds is 5. The van der Waals surface area contributed by atoms with Crippen molar-refractivity contribution in [3.63, 3.8) is 0 Å². The van der Waals surface area contributed by atoms with Gasteiger partial charge >= 0.3 is 5.97 Å². The number of carboxylic acids is 1. The van der Waals surface area contributed by atoms with E-state index in [1.807, 2.05) is 6.92 Å². The van der Waals surface area contributed by atoms with Crippen LogP contribution in [0.1, 0.15) is 30.1 Å². The van der Waals surface area contributed by atoms with E-state index in [0.29, 0.717) is 28.6 Å². The van der Waals surface area contributed by atoms with E-state index >= 15 is 0 Å². The van der Waals surface area contributed by atoms with Crippen LogP contribution in [0.15, 0.2) is 22.7 Å². The number of carboxylic acid groups (broad SMARTS) is 1. The lowest BCUT2D eigenvalue weighted by molar-refractivity contribution is -0.139. The molecule has 0 radical (unpaired) electrons. The maximum Gasteiger partial charge on any atom is 0.326 e. The molecule has 0 aromatic heterocycles. The molecule has 0 heterocycles. The molecular formula is C12H15BrN2O3. The van der Waals surface area contributed by atoms with Crippen molar-refractivity contribution in [3.8, 4) is 0 Å². The maximum atomic E-state index is 11.9. The summed E-state index contributed by atoms with van der Waals surface area (Å²) in [5.41, 5.74) is 6.51. The van der Waals surface area contributed by atoms with Crippen LogP contribution in [0, 0.1) is 0 Å². The van der Waals surface area contributed by atoms with Gasteiger partial charge in [0.1, 0.15) is 6.04 Å². The first-order chi connectivity index (χ1) is 8.45. The lowest BCUT2D eigenvalue weighted by atomic mass is 10.1. The number of anilines is 1. The van der Waals surface area contributed by atoms with E-state index < -0.39 is 17.9 Å². The Labute approximate surface area is 113 Å². The molecular weight excluding hydrogens is 300 g/mol. The first kappa shape index (κ1) is 14.5. The Kier molecular flexibility index (Phi) is 5.15. The minimum atomic E-state index is -1.03. The molecule has 0 bridgehead atoms. The molecule has 0 saturated carbocycles. The van der Waals surface area contributed by atoms with Crippen molar-refractivity contribution >= 4 is 33.5 Å². The van der Waals surface area contributed by atoms with E-state index in [1.54, 1.807) is 18.2 Å². The van der Waals surface area contributed by atoms with Crippen molar-refractivity contribution in [1.29, 1.82) is 0 Å². The molecule has 98 valence electrons. The number of amides is 1. The van der Waals surface area contributed by atoms with Crippen molar-refractivity contribution in [3.05, 3.63) is 28.2 Å². The molecule has 1 rings (SSSR count). The molecule has 1 atom stereocenters. The molecule has 0 aliphatic heterocycles. The van der Waals surface area contributed by atoms with Crippen LogP contribution in [0.4, 0.5) is 5.69 Å². The van der Waals surface area contributed by atoms with Gasteiger partial charge in [0.05, 0.1) is 0 Å². The van der Waals surface area contributed by atoms with Crippen LogP contribution < -0.4 is 11.1 Å². The summed E-state index contributed by atoms with van der Waals surface area (Å²) >= 11 is 3.22. The summed E-state index contributed by atoms with van der Waals surface area (Å²) in [6.07, 6.45) is 1.08. The monoisotopic (exact) mass is 314 g/mol. The molecule has 0 fully saturated rings. The number of halogens is 1. The quantitative estimate of drug-likeness (QED) is 0.725. The minimum Gasteiger partial charge on any atom is -0.480 e. The van der Waals surface area contributed by atoms with Gasteiger partial charge in [-0.05, 0) is 40.5 Å². The van der Waals surface area contributed by atoms with E-state index in [0.717, 1.165) is 0 Å². The highest BCUT2D eigenvalue weighted by Crippen LogP contribution is 2.20. The van der Waals surface area contributed by atoms with Crippen LogP contribution in [-0.4, -0.2) is 23.0 Å². The van der Waals surface area contributed by atoms with E-state index in [9.17, 15) is 9.59 Å². The molecule has 1 aromatic carbocycles. The van der Waals surface area contributed by atoms with Crippen LogP contribution in [0.3, 0.4) is 0 Å². The van der Waals surface area contributed by atoms with Crippen LogP contribution in [0.25, 0.3) is 0 Å². The molecule has 1 unspecified atom stereocenters. The zero-order chi connectivity index (χ0) is 13.7. The van der Waals surface area contributed by atoms with Gasteiger partial charge in [0.15, 0.2) is 0 Å². The zero-order valence-electron chi connectivity index (χ0n) is 9.94. The van der Waals surface area contributed by atoms with Gasteiger partial charge in [0.25, 0.3) is 5.91 Å². The van der Waals surface area contributed by atoms with Crippen LogP contribution in [-0.2, 0) is 4.79 Å². The number of carbonyl (C=O) groups excluding carboxylic acids is 1. The number of hydrogen-bond acceptors (Lipinski definition) is 3. The highest BCUT2D eigenvalue weighted by atomic mass is 79.9. The Balaban J connectivity index is 2.80. The molecule has 1 aromatic rings. The number of benzene rings is 1. The molecule has 4 N–H and O–H groups in total. The normalized spacial score (nSPS) is 11.9. The van der Waals surface area contributed by atoms with E-state index in [1.165, 1.54) is 0 Å². The third-order valence-corrected chi connectivity index (χ3v) is 3.13. The lowest BCUT2D eigenvalue weighted by Crippen LogP contribution is -2.40. The predicted molar refractivity (Wildman–Crippen MR) is 72.4 cm³/mol. The summed E-state index contributed by atoms with van der Waals surface area (Å²) in [6, 6.07) is 3.85. The molecule has 0 aliphatic carbocycles. The number of carbonyl (C=O) groups is 2. The highest BCUT2D eigenvalue weighted by molar-refractivity contribution is 9.10. The van der Waals surface area contributed by atoms with E-state index in [2.05, 4.69) is 21.2 Å². The van der Waals surface area contributed by atoms with Gasteiger partial charge in [-0.15, -0.1) is 0 Å². The van der Waals surface area contributed by atoms with Crippen molar-refractivity contribution in [2.45, 2.75) is 25.8 Å². The third kappa shape index (κ3) is 3.73. The average Bonchev–Trinajstić information content (AvgIpc) is 2.31. The lowest BCUT2D eigenvalue weighted by Gasteiger charge is -2.13. The van der Waals surface area contributed by atoms with Gasteiger partial charge in [-0.1, -0.05) is 13.3 Å². The summed E-state index contributed by atoms with van der Waals surface area (Å²) < 4.78 is 0.609. The molecule has 6 heteroatoms. The fourth-order valence-corrected chi connectivity index (χ4v) is 1.83. The topological polar surface area (TPSA) is 92.4 Å². The predicted octanol–water partition coefficient (Wildman–Crippen LogP) is 2.01. The number of nitrogen functional groups attached to an aromatic ring is 1. The zero-order valence-corrected chi connectivity index (χ0v) is 11.5. The van der Waals surface area contributed by atoms with Gasteiger partial charge in [-0.25, -0.2) is 4.79 Å². The second-order valence-electron chi connectivity index (χ2n) is 3.89. The molecule has 5 nitrogen and oxygen atoms in total. The summed E-state index contributed by atoms with van der Waals surface area (Å²) in [7, 11) is 0. The highest BCUT2D eigenvalue weighted by Gasteiger charge is 2.19. The Morgan fingerprint density at radius 1 is 1.50 bits per heavy atom. The van der Waals surface area contributed by atoms with Gasteiger partial charge in [-0.3, -0.25) is 4.79 Å². The fraction of sp³-hybridized carbons (Fsp3) is 0.333. The molecule has 0 saturated heterocycles. The maximum absolute atomic E-state index is 11.9. The second kappa shape index (κ2) is 6.39. The fourth-order valence-electron chi connectivity index (χ4n) is 1.46. The summed E-state index contributed by atoms with van der Waals surface area (Å²) in [5.74, 6) is -1.45. The van der Waals surface area contributed by atoms with Gasteiger partial charge in [-0.2, -0.15) is 0 Å². The number of aliphatic carboxylic acids is 1. The van der Waals surface area contributed by atoms with Crippen molar-refractivity contribution in [2.24, 2.45) is 0 Å². The van der Waals surface area contributed by atoms with Crippen LogP contribution in [0.5, 0.6) is 0 Å². The van der Waals surface area contributed by atoms with Crippen molar-refractivity contribution in [1.82, 2.24) is 5.32 Å². The van der Waals surface area contributed by atoms with Gasteiger partial charge in [0, 0.05) is 15.7 Å². The molecule has 0 aliphatic rings. The van der Waals surface area contributed by atoms with Gasteiger partial charge < -0.3 is 16.2 Å². The molecule has 1 amide bonds. The Morgan fingerprint density at radius 2 is 2.17 bits per heavy atom. The van der Waals surface area contributed by atoms with Gasteiger partial charge in [0.2, 0.25) is 0 Å². The van der Waals surface area contributed by atoms with Crippen LogP contribution >= 0.6 is 15.9 Å². The second-order valence-corrected chi connectivity index (χ2v) is 4.74. The Hall–Kier alpha value is -1.56. The van der Waals surface area contributed by atoms with Crippen LogP contribution in [0.2, 0.25) is 0 Å². The largest absolute Gasteiger partial charge is 0.480 e. The molecule has 18 heavy (non-hydrogen) atoms. The first-order valence-corrected chi connectivity index (χ1v) is 6.33. The number of hydrogen-bond donors (Lipinski definition) is 3. The Morgan fingerprint density at radius 3 is 2.67 bits per heavy atom.